The summed E-state index contributed by atoms with van der Waals surface area (Å²) in [7, 11) is 0. The second kappa shape index (κ2) is 7.78. The number of nitrogens with one attached hydrogen (secondary N) is 1. The van der Waals surface area contributed by atoms with Crippen molar-refractivity contribution in [3.63, 3.8) is 0 Å². The van der Waals surface area contributed by atoms with Gasteiger partial charge in [-0.05, 0) is 11.6 Å². The number of anilines is 1. The van der Waals surface area contributed by atoms with Crippen LogP contribution in [0.15, 0.2) is 24.3 Å². The minimum absolute atomic E-state index is 0.0301. The molecule has 0 aliphatic carbocycles. The maximum Gasteiger partial charge on any atom is 0.226 e. The molecule has 17 heavy (non-hydrogen) atoms. The molecule has 0 atom stereocenters. The van der Waals surface area contributed by atoms with Crippen molar-refractivity contribution >= 4 is 11.6 Å². The molecule has 5 heteroatoms. The first kappa shape index (κ1) is 13.6. The van der Waals surface area contributed by atoms with Crippen LogP contribution in [0.5, 0.6) is 0 Å². The van der Waals surface area contributed by atoms with Gasteiger partial charge in [-0.25, -0.2) is 0 Å². The molecule has 0 fully saturated rings. The number of rotatable bonds is 7. The summed E-state index contributed by atoms with van der Waals surface area (Å²) in [6, 6.07) is 7.41. The average molecular weight is 238 g/mol. The number of ether oxygens (including phenoxy) is 1. The summed E-state index contributed by atoms with van der Waals surface area (Å²) in [4.78, 5) is 11.5. The quantitative estimate of drug-likeness (QED) is 0.603. The second-order valence-corrected chi connectivity index (χ2v) is 3.50. The molecular weight excluding hydrogens is 220 g/mol. The standard InChI is InChI=1S/C12H18N2O3/c13-9-10-3-1-2-4-11(10)14-12(16)5-7-17-8-6-15/h1-4,15H,5-9,13H2,(H,14,16). The van der Waals surface area contributed by atoms with Gasteiger partial charge >= 0.3 is 0 Å². The number of hydrogen-bond acceptors (Lipinski definition) is 4. The summed E-state index contributed by atoms with van der Waals surface area (Å²) in [5, 5.41) is 11.3. The molecule has 94 valence electrons. The Morgan fingerprint density at radius 2 is 2.12 bits per heavy atom. The first-order valence-electron chi connectivity index (χ1n) is 5.54. The summed E-state index contributed by atoms with van der Waals surface area (Å²) in [6.45, 7) is 0.916. The van der Waals surface area contributed by atoms with Gasteiger partial charge in [-0.1, -0.05) is 18.2 Å². The van der Waals surface area contributed by atoms with E-state index in [4.69, 9.17) is 15.6 Å². The van der Waals surface area contributed by atoms with E-state index in [2.05, 4.69) is 5.32 Å². The van der Waals surface area contributed by atoms with Crippen LogP contribution in [-0.4, -0.2) is 30.8 Å². The molecule has 0 radical (unpaired) electrons. The fourth-order valence-electron chi connectivity index (χ4n) is 1.36. The topological polar surface area (TPSA) is 84.6 Å². The molecule has 1 aromatic rings. The van der Waals surface area contributed by atoms with Gasteiger partial charge in [0, 0.05) is 12.2 Å². The van der Waals surface area contributed by atoms with E-state index in [1.807, 2.05) is 24.3 Å². The van der Waals surface area contributed by atoms with Crippen LogP contribution in [0, 0.1) is 0 Å². The van der Waals surface area contributed by atoms with E-state index in [0.29, 0.717) is 13.2 Å². The lowest BCUT2D eigenvalue weighted by molar-refractivity contribution is -0.117. The summed E-state index contributed by atoms with van der Waals surface area (Å²) in [5.41, 5.74) is 7.20. The number of aliphatic hydroxyl groups excluding tert-OH is 1. The van der Waals surface area contributed by atoms with E-state index in [1.165, 1.54) is 0 Å². The first-order chi connectivity index (χ1) is 8.27. The van der Waals surface area contributed by atoms with Crippen LogP contribution in [0.3, 0.4) is 0 Å². The van der Waals surface area contributed by atoms with Gasteiger partial charge in [-0.2, -0.15) is 0 Å². The third kappa shape index (κ3) is 4.95. The number of amides is 1. The Morgan fingerprint density at radius 1 is 1.35 bits per heavy atom. The highest BCUT2D eigenvalue weighted by atomic mass is 16.5. The predicted molar refractivity (Wildman–Crippen MR) is 65.5 cm³/mol. The molecular formula is C12H18N2O3. The number of carbonyl (C=O) groups is 1. The SMILES string of the molecule is NCc1ccccc1NC(=O)CCOCCO. The van der Waals surface area contributed by atoms with Crippen molar-refractivity contribution in [3.8, 4) is 0 Å². The van der Waals surface area contributed by atoms with Gasteiger partial charge in [0.2, 0.25) is 5.91 Å². The average Bonchev–Trinajstić information content (AvgIpc) is 2.35. The maximum absolute atomic E-state index is 11.5. The highest BCUT2D eigenvalue weighted by Gasteiger charge is 2.05. The lowest BCUT2D eigenvalue weighted by atomic mass is 10.2. The van der Waals surface area contributed by atoms with Gasteiger partial charge in [-0.3, -0.25) is 4.79 Å². The smallest absolute Gasteiger partial charge is 0.226 e. The zero-order chi connectivity index (χ0) is 12.5. The Morgan fingerprint density at radius 3 is 2.82 bits per heavy atom. The predicted octanol–water partition coefficient (Wildman–Crippen LogP) is 0.483. The van der Waals surface area contributed by atoms with Crippen LogP contribution in [0.2, 0.25) is 0 Å². The zero-order valence-electron chi connectivity index (χ0n) is 9.69. The lowest BCUT2D eigenvalue weighted by Crippen LogP contribution is -2.16. The van der Waals surface area contributed by atoms with Crippen molar-refractivity contribution in [2.24, 2.45) is 5.73 Å². The van der Waals surface area contributed by atoms with E-state index >= 15 is 0 Å². The van der Waals surface area contributed by atoms with Gasteiger partial charge in [0.15, 0.2) is 0 Å². The molecule has 5 nitrogen and oxygen atoms in total. The van der Waals surface area contributed by atoms with Crippen molar-refractivity contribution in [3.05, 3.63) is 29.8 Å². The molecule has 0 aromatic heterocycles. The molecule has 0 saturated carbocycles. The molecule has 0 bridgehead atoms. The van der Waals surface area contributed by atoms with E-state index in [9.17, 15) is 4.79 Å². The number of aliphatic hydroxyl groups is 1. The summed E-state index contributed by atoms with van der Waals surface area (Å²) in [5.74, 6) is -0.121. The summed E-state index contributed by atoms with van der Waals surface area (Å²) >= 11 is 0. The molecule has 0 spiro atoms. The summed E-state index contributed by atoms with van der Waals surface area (Å²) < 4.78 is 5.01. The van der Waals surface area contributed by atoms with Gasteiger partial charge < -0.3 is 20.9 Å². The van der Waals surface area contributed by atoms with Crippen LogP contribution in [0.25, 0.3) is 0 Å². The van der Waals surface area contributed by atoms with Crippen molar-refractivity contribution in [1.82, 2.24) is 0 Å². The van der Waals surface area contributed by atoms with Crippen LogP contribution in [0.1, 0.15) is 12.0 Å². The van der Waals surface area contributed by atoms with Gasteiger partial charge in [0.25, 0.3) is 0 Å². The number of para-hydroxylation sites is 1. The highest BCUT2D eigenvalue weighted by molar-refractivity contribution is 5.91. The van der Waals surface area contributed by atoms with Crippen molar-refractivity contribution in [2.75, 3.05) is 25.1 Å². The zero-order valence-corrected chi connectivity index (χ0v) is 9.69. The molecule has 0 unspecified atom stereocenters. The monoisotopic (exact) mass is 238 g/mol. The number of hydrogen-bond donors (Lipinski definition) is 3. The van der Waals surface area contributed by atoms with Crippen LogP contribution in [0.4, 0.5) is 5.69 Å². The molecule has 1 rings (SSSR count). The molecule has 0 saturated heterocycles. The largest absolute Gasteiger partial charge is 0.394 e. The fraction of sp³-hybridized carbons (Fsp3) is 0.417. The lowest BCUT2D eigenvalue weighted by Gasteiger charge is -2.09. The highest BCUT2D eigenvalue weighted by Crippen LogP contribution is 2.14. The minimum Gasteiger partial charge on any atom is -0.394 e. The van der Waals surface area contributed by atoms with Crippen molar-refractivity contribution in [2.45, 2.75) is 13.0 Å². The Hall–Kier alpha value is -1.43. The Balaban J connectivity index is 2.39. The number of nitrogens with two attached hydrogens (primary N) is 1. The third-order valence-corrected chi connectivity index (χ3v) is 2.22. The van der Waals surface area contributed by atoms with Gasteiger partial charge in [0.05, 0.1) is 26.2 Å². The normalized spacial score (nSPS) is 10.2. The van der Waals surface area contributed by atoms with E-state index in [0.717, 1.165) is 11.3 Å². The molecule has 4 N–H and O–H groups in total. The van der Waals surface area contributed by atoms with E-state index in [1.54, 1.807) is 0 Å². The van der Waals surface area contributed by atoms with Crippen LogP contribution < -0.4 is 11.1 Å². The first-order valence-corrected chi connectivity index (χ1v) is 5.54. The minimum atomic E-state index is -0.121. The second-order valence-electron chi connectivity index (χ2n) is 3.50. The van der Waals surface area contributed by atoms with E-state index < -0.39 is 0 Å². The molecule has 0 heterocycles. The molecule has 1 aromatic carbocycles. The summed E-state index contributed by atoms with van der Waals surface area (Å²) in [6.07, 6.45) is 0.263. The Labute approximate surface area is 101 Å². The Kier molecular flexibility index (Phi) is 6.24. The van der Waals surface area contributed by atoms with Crippen molar-refractivity contribution in [1.29, 1.82) is 0 Å². The van der Waals surface area contributed by atoms with Crippen LogP contribution >= 0.6 is 0 Å². The molecule has 0 aliphatic heterocycles. The number of benzene rings is 1. The fourth-order valence-corrected chi connectivity index (χ4v) is 1.36. The molecule has 1 amide bonds. The molecule has 0 aliphatic rings. The Bertz CT molecular complexity index is 355. The number of carbonyl (C=O) groups excluding carboxylic acids is 1. The van der Waals surface area contributed by atoms with Crippen LogP contribution in [-0.2, 0) is 16.1 Å². The van der Waals surface area contributed by atoms with E-state index in [-0.39, 0.29) is 25.5 Å². The maximum atomic E-state index is 11.5. The van der Waals surface area contributed by atoms with Gasteiger partial charge in [-0.15, -0.1) is 0 Å². The van der Waals surface area contributed by atoms with Gasteiger partial charge in [0.1, 0.15) is 0 Å². The van der Waals surface area contributed by atoms with Crippen molar-refractivity contribution < 1.29 is 14.6 Å². The third-order valence-electron chi connectivity index (χ3n) is 2.22.